The zero-order valence-corrected chi connectivity index (χ0v) is 13.2. The number of carbonyl (C=O) groups excluding carboxylic acids is 2. The Morgan fingerprint density at radius 2 is 1.86 bits per heavy atom. The number of hydrogen-bond acceptors (Lipinski definition) is 3. The van der Waals surface area contributed by atoms with Gasteiger partial charge >= 0.3 is 5.97 Å². The van der Waals surface area contributed by atoms with Crippen molar-refractivity contribution in [3.8, 4) is 0 Å². The molecule has 0 aromatic heterocycles. The maximum Gasteiger partial charge on any atom is 0.328 e. The molecule has 0 spiro atoms. The molecule has 1 aromatic carbocycles. The minimum Gasteiger partial charge on any atom is -0.467 e. The lowest BCUT2D eigenvalue weighted by Gasteiger charge is -2.16. The fourth-order valence-electron chi connectivity index (χ4n) is 2.21. The number of amides is 1. The number of allylic oxidation sites excluding steroid dienone is 1. The van der Waals surface area contributed by atoms with Crippen molar-refractivity contribution >= 4 is 11.9 Å². The number of hydrogen-bond donors (Lipinski definition) is 1. The average molecular weight is 303 g/mol. The Bertz CT molecular complexity index is 470. The van der Waals surface area contributed by atoms with E-state index in [1.54, 1.807) is 24.3 Å². The molecule has 0 aliphatic carbocycles. The Morgan fingerprint density at radius 1 is 1.18 bits per heavy atom. The van der Waals surface area contributed by atoms with E-state index in [2.05, 4.69) is 11.9 Å². The summed E-state index contributed by atoms with van der Waals surface area (Å²) in [5.74, 6) is -0.641. The van der Waals surface area contributed by atoms with Gasteiger partial charge in [-0.1, -0.05) is 43.5 Å². The fraction of sp³-hybridized carbons (Fsp3) is 0.444. The van der Waals surface area contributed by atoms with E-state index in [4.69, 9.17) is 4.74 Å². The summed E-state index contributed by atoms with van der Waals surface area (Å²) in [7, 11) is 1.34. The van der Waals surface area contributed by atoms with Gasteiger partial charge < -0.3 is 10.1 Å². The zero-order valence-electron chi connectivity index (χ0n) is 13.2. The van der Waals surface area contributed by atoms with Crippen LogP contribution in [0.25, 0.3) is 0 Å². The number of carbonyl (C=O) groups is 2. The molecule has 1 rings (SSSR count). The number of methoxy groups -OCH3 is 1. The van der Waals surface area contributed by atoms with Gasteiger partial charge in [-0.05, 0) is 31.4 Å². The number of rotatable bonds is 10. The van der Waals surface area contributed by atoms with Crippen LogP contribution in [0.15, 0.2) is 43.0 Å². The van der Waals surface area contributed by atoms with Crippen molar-refractivity contribution in [3.05, 3.63) is 48.6 Å². The number of benzene rings is 1. The molecule has 0 aliphatic heterocycles. The highest BCUT2D eigenvalue weighted by Crippen LogP contribution is 2.09. The van der Waals surface area contributed by atoms with Crippen molar-refractivity contribution in [1.29, 1.82) is 0 Å². The summed E-state index contributed by atoms with van der Waals surface area (Å²) in [5.41, 5.74) is 0.544. The van der Waals surface area contributed by atoms with Gasteiger partial charge in [0, 0.05) is 5.56 Å². The molecule has 1 N–H and O–H groups in total. The van der Waals surface area contributed by atoms with Crippen molar-refractivity contribution < 1.29 is 14.3 Å². The van der Waals surface area contributed by atoms with Crippen LogP contribution < -0.4 is 5.32 Å². The molecular formula is C18H25NO3. The van der Waals surface area contributed by atoms with E-state index in [1.807, 2.05) is 12.1 Å². The predicted octanol–water partition coefficient (Wildman–Crippen LogP) is 3.48. The first-order valence-corrected chi connectivity index (χ1v) is 7.73. The Labute approximate surface area is 132 Å². The molecule has 1 aromatic rings. The molecule has 22 heavy (non-hydrogen) atoms. The quantitative estimate of drug-likeness (QED) is 0.409. The van der Waals surface area contributed by atoms with E-state index in [9.17, 15) is 9.59 Å². The number of ether oxygens (including phenoxy) is 1. The zero-order chi connectivity index (χ0) is 16.2. The van der Waals surface area contributed by atoms with Gasteiger partial charge in [0.2, 0.25) is 0 Å². The molecule has 0 bridgehead atoms. The normalized spacial score (nSPS) is 11.5. The lowest BCUT2D eigenvalue weighted by atomic mass is 10.1. The minimum atomic E-state index is -0.586. The second kappa shape index (κ2) is 10.6. The van der Waals surface area contributed by atoms with Crippen molar-refractivity contribution in [1.82, 2.24) is 5.32 Å². The van der Waals surface area contributed by atoms with Gasteiger partial charge in [0.1, 0.15) is 6.04 Å². The maximum absolute atomic E-state index is 12.1. The Balaban J connectivity index is 2.45. The molecule has 4 nitrogen and oxygen atoms in total. The van der Waals surface area contributed by atoms with Gasteiger partial charge in [-0.2, -0.15) is 0 Å². The molecule has 1 amide bonds. The summed E-state index contributed by atoms with van der Waals surface area (Å²) >= 11 is 0. The van der Waals surface area contributed by atoms with Crippen molar-refractivity contribution in [2.45, 2.75) is 44.6 Å². The number of esters is 1. The summed E-state index contributed by atoms with van der Waals surface area (Å²) in [6.45, 7) is 3.69. The topological polar surface area (TPSA) is 55.4 Å². The van der Waals surface area contributed by atoms with Crippen LogP contribution in [0.3, 0.4) is 0 Å². The third-order valence-electron chi connectivity index (χ3n) is 3.48. The van der Waals surface area contributed by atoms with E-state index >= 15 is 0 Å². The van der Waals surface area contributed by atoms with E-state index in [1.165, 1.54) is 7.11 Å². The van der Waals surface area contributed by atoms with Crippen LogP contribution in [-0.2, 0) is 9.53 Å². The summed E-state index contributed by atoms with van der Waals surface area (Å²) < 4.78 is 4.78. The van der Waals surface area contributed by atoms with Crippen LogP contribution in [0.5, 0.6) is 0 Å². The molecule has 4 heteroatoms. The molecule has 0 radical (unpaired) electrons. The van der Waals surface area contributed by atoms with Gasteiger partial charge in [0.05, 0.1) is 7.11 Å². The fourth-order valence-corrected chi connectivity index (χ4v) is 2.21. The third-order valence-corrected chi connectivity index (χ3v) is 3.48. The van der Waals surface area contributed by atoms with E-state index < -0.39 is 12.0 Å². The minimum absolute atomic E-state index is 0.248. The Hall–Kier alpha value is -2.10. The highest BCUT2D eigenvalue weighted by atomic mass is 16.5. The first-order chi connectivity index (χ1) is 10.7. The van der Waals surface area contributed by atoms with Crippen molar-refractivity contribution in [2.75, 3.05) is 7.11 Å². The van der Waals surface area contributed by atoms with Gasteiger partial charge in [-0.3, -0.25) is 4.79 Å². The second-order valence-electron chi connectivity index (χ2n) is 5.20. The van der Waals surface area contributed by atoms with Crippen molar-refractivity contribution in [2.24, 2.45) is 0 Å². The average Bonchev–Trinajstić information content (AvgIpc) is 2.56. The summed E-state index contributed by atoms with van der Waals surface area (Å²) in [5, 5.41) is 2.76. The first-order valence-electron chi connectivity index (χ1n) is 7.73. The predicted molar refractivity (Wildman–Crippen MR) is 87.6 cm³/mol. The van der Waals surface area contributed by atoms with Crippen LogP contribution >= 0.6 is 0 Å². The van der Waals surface area contributed by atoms with Crippen molar-refractivity contribution in [3.63, 3.8) is 0 Å². The van der Waals surface area contributed by atoms with Gasteiger partial charge in [-0.25, -0.2) is 4.79 Å². The maximum atomic E-state index is 12.1. The van der Waals surface area contributed by atoms with Gasteiger partial charge in [-0.15, -0.1) is 6.58 Å². The van der Waals surface area contributed by atoms with E-state index in [-0.39, 0.29) is 5.91 Å². The second-order valence-corrected chi connectivity index (χ2v) is 5.20. The van der Waals surface area contributed by atoms with Gasteiger partial charge in [0.25, 0.3) is 5.91 Å². The lowest BCUT2D eigenvalue weighted by Crippen LogP contribution is -2.41. The molecule has 0 unspecified atom stereocenters. The summed E-state index contributed by atoms with van der Waals surface area (Å²) in [6, 6.07) is 8.29. The molecule has 0 saturated carbocycles. The molecule has 120 valence electrons. The number of nitrogens with one attached hydrogen (secondary N) is 1. The SMILES string of the molecule is C=CCCCCCC[C@@H](NC(=O)c1ccccc1)C(=O)OC. The molecule has 0 saturated heterocycles. The molecule has 0 heterocycles. The Morgan fingerprint density at radius 3 is 2.50 bits per heavy atom. The molecule has 1 atom stereocenters. The molecular weight excluding hydrogens is 278 g/mol. The molecule has 0 fully saturated rings. The highest BCUT2D eigenvalue weighted by Gasteiger charge is 2.21. The standard InChI is InChI=1S/C18H25NO3/c1-3-4-5-6-7-11-14-16(18(21)22-2)19-17(20)15-12-9-8-10-13-15/h3,8-10,12-13,16H,1,4-7,11,14H2,2H3,(H,19,20)/t16-/m1/s1. The van der Waals surface area contributed by atoms with Crippen LogP contribution in [0, 0.1) is 0 Å². The van der Waals surface area contributed by atoms with E-state index in [0.717, 1.165) is 32.1 Å². The largest absolute Gasteiger partial charge is 0.467 e. The van der Waals surface area contributed by atoms with E-state index in [0.29, 0.717) is 12.0 Å². The monoisotopic (exact) mass is 303 g/mol. The van der Waals surface area contributed by atoms with Crippen LogP contribution in [-0.4, -0.2) is 25.0 Å². The smallest absolute Gasteiger partial charge is 0.328 e. The highest BCUT2D eigenvalue weighted by molar-refractivity contribution is 5.96. The van der Waals surface area contributed by atoms with Gasteiger partial charge in [0.15, 0.2) is 0 Å². The summed E-state index contributed by atoms with van der Waals surface area (Å²) in [4.78, 5) is 23.9. The first kappa shape index (κ1) is 18.0. The lowest BCUT2D eigenvalue weighted by molar-refractivity contribution is -0.143. The van der Waals surface area contributed by atoms with Crippen LogP contribution in [0.2, 0.25) is 0 Å². The Kier molecular flexibility index (Phi) is 8.65. The van der Waals surface area contributed by atoms with Crippen LogP contribution in [0.1, 0.15) is 48.9 Å². The number of unbranched alkanes of at least 4 members (excludes halogenated alkanes) is 4. The molecule has 0 aliphatic rings. The third kappa shape index (κ3) is 6.57. The summed E-state index contributed by atoms with van der Waals surface area (Å²) in [6.07, 6.45) is 7.66. The van der Waals surface area contributed by atoms with Crippen LogP contribution in [0.4, 0.5) is 0 Å².